The molecule has 0 radical (unpaired) electrons. The Hall–Kier alpha value is -2.91. The van der Waals surface area contributed by atoms with Crippen molar-refractivity contribution in [1.82, 2.24) is 14.5 Å². The number of nitrogens with one attached hydrogen (secondary N) is 1. The quantitative estimate of drug-likeness (QED) is 0.468. The standard InChI is InChI=1S/C27H40N4O4S/c1-8-24(27(33)28-17-20(2)3)30(18-23-12-10-9-11-13-23)26(32)19-31(36(34,35)29(6)7)25-16-21(4)14-15-22(25)5/h9-16,20,24H,8,17-19H2,1-7H3,(H,28,33). The highest BCUT2D eigenvalue weighted by Crippen LogP contribution is 2.26. The molecular formula is C27H40N4O4S. The van der Waals surface area contributed by atoms with Crippen molar-refractivity contribution < 1.29 is 18.0 Å². The molecule has 0 saturated heterocycles. The number of nitrogens with zero attached hydrogens (tertiary/aromatic N) is 3. The number of carbonyl (C=O) groups is 2. The summed E-state index contributed by atoms with van der Waals surface area (Å²) in [6.45, 7) is 9.80. The summed E-state index contributed by atoms with van der Waals surface area (Å²) in [5.41, 5.74) is 2.90. The molecule has 2 rings (SSSR count). The lowest BCUT2D eigenvalue weighted by molar-refractivity contribution is -0.140. The molecule has 0 bridgehead atoms. The molecule has 1 N–H and O–H groups in total. The monoisotopic (exact) mass is 516 g/mol. The second kappa shape index (κ2) is 12.9. The summed E-state index contributed by atoms with van der Waals surface area (Å²) in [6.07, 6.45) is 0.395. The molecule has 8 nitrogen and oxygen atoms in total. The zero-order valence-electron chi connectivity index (χ0n) is 22.5. The number of anilines is 1. The summed E-state index contributed by atoms with van der Waals surface area (Å²) in [5, 5.41) is 2.93. The van der Waals surface area contributed by atoms with Crippen LogP contribution >= 0.6 is 0 Å². The molecule has 0 saturated carbocycles. The normalized spacial score (nSPS) is 12.5. The molecule has 1 unspecified atom stereocenters. The molecule has 0 aliphatic carbocycles. The third-order valence-corrected chi connectivity index (χ3v) is 7.72. The molecule has 0 spiro atoms. The van der Waals surface area contributed by atoms with Gasteiger partial charge in [-0.25, -0.2) is 4.31 Å². The van der Waals surface area contributed by atoms with Crippen LogP contribution in [0.3, 0.4) is 0 Å². The Kier molecular flexibility index (Phi) is 10.5. The highest BCUT2D eigenvalue weighted by Gasteiger charge is 2.34. The fourth-order valence-electron chi connectivity index (χ4n) is 3.81. The Labute approximate surface area is 216 Å². The van der Waals surface area contributed by atoms with Crippen LogP contribution in [0.25, 0.3) is 0 Å². The first-order valence-corrected chi connectivity index (χ1v) is 13.7. The third-order valence-electron chi connectivity index (χ3n) is 5.92. The van der Waals surface area contributed by atoms with Crippen LogP contribution in [0.15, 0.2) is 48.5 Å². The number of hydrogen-bond donors (Lipinski definition) is 1. The van der Waals surface area contributed by atoms with Crippen molar-refractivity contribution in [3.63, 3.8) is 0 Å². The van der Waals surface area contributed by atoms with Gasteiger partial charge >= 0.3 is 10.2 Å². The summed E-state index contributed by atoms with van der Waals surface area (Å²) in [5.74, 6) is -0.435. The van der Waals surface area contributed by atoms with E-state index in [4.69, 9.17) is 0 Å². The topological polar surface area (TPSA) is 90.0 Å². The average Bonchev–Trinajstić information content (AvgIpc) is 2.83. The maximum Gasteiger partial charge on any atom is 0.304 e. The van der Waals surface area contributed by atoms with Crippen molar-refractivity contribution in [3.05, 3.63) is 65.2 Å². The van der Waals surface area contributed by atoms with Crippen LogP contribution in [0.4, 0.5) is 5.69 Å². The van der Waals surface area contributed by atoms with E-state index in [9.17, 15) is 18.0 Å². The van der Waals surface area contributed by atoms with Gasteiger partial charge in [-0.3, -0.25) is 9.59 Å². The molecule has 0 fully saturated rings. The highest BCUT2D eigenvalue weighted by molar-refractivity contribution is 7.90. The molecule has 9 heteroatoms. The number of carbonyl (C=O) groups excluding carboxylic acids is 2. The van der Waals surface area contributed by atoms with Crippen molar-refractivity contribution in [2.24, 2.45) is 5.92 Å². The van der Waals surface area contributed by atoms with Gasteiger partial charge in [0.2, 0.25) is 11.8 Å². The molecule has 198 valence electrons. The van der Waals surface area contributed by atoms with Gasteiger partial charge in [0.05, 0.1) is 5.69 Å². The van der Waals surface area contributed by atoms with Crippen LogP contribution in [0.5, 0.6) is 0 Å². The van der Waals surface area contributed by atoms with Gasteiger partial charge in [0.25, 0.3) is 0 Å². The van der Waals surface area contributed by atoms with Gasteiger partial charge in [-0.2, -0.15) is 12.7 Å². The fourth-order valence-corrected chi connectivity index (χ4v) is 4.93. The van der Waals surface area contributed by atoms with Gasteiger partial charge in [-0.15, -0.1) is 0 Å². The van der Waals surface area contributed by atoms with Gasteiger partial charge in [0.15, 0.2) is 0 Å². The molecule has 2 aromatic carbocycles. The third kappa shape index (κ3) is 7.54. The molecule has 36 heavy (non-hydrogen) atoms. The number of rotatable bonds is 12. The molecule has 0 aliphatic heterocycles. The van der Waals surface area contributed by atoms with E-state index in [1.807, 2.05) is 77.1 Å². The highest BCUT2D eigenvalue weighted by atomic mass is 32.2. The van der Waals surface area contributed by atoms with E-state index in [1.165, 1.54) is 19.0 Å². The maximum absolute atomic E-state index is 13.9. The van der Waals surface area contributed by atoms with E-state index in [1.54, 1.807) is 6.07 Å². The molecule has 1 atom stereocenters. The van der Waals surface area contributed by atoms with Crippen molar-refractivity contribution in [3.8, 4) is 0 Å². The van der Waals surface area contributed by atoms with Gasteiger partial charge in [-0.05, 0) is 48.9 Å². The molecule has 2 aromatic rings. The Bertz CT molecular complexity index is 1130. The van der Waals surface area contributed by atoms with Crippen LogP contribution in [0.2, 0.25) is 0 Å². The average molecular weight is 517 g/mol. The first-order chi connectivity index (χ1) is 16.9. The summed E-state index contributed by atoms with van der Waals surface area (Å²) in [7, 11) is -1.11. The zero-order valence-corrected chi connectivity index (χ0v) is 23.3. The van der Waals surface area contributed by atoms with E-state index in [-0.39, 0.29) is 18.4 Å². The van der Waals surface area contributed by atoms with E-state index in [2.05, 4.69) is 5.32 Å². The van der Waals surface area contributed by atoms with Crippen LogP contribution in [0, 0.1) is 19.8 Å². The largest absolute Gasteiger partial charge is 0.354 e. The molecular weight excluding hydrogens is 476 g/mol. The number of benzene rings is 2. The van der Waals surface area contributed by atoms with Gasteiger partial charge in [0, 0.05) is 27.2 Å². The molecule has 0 aromatic heterocycles. The lowest BCUT2D eigenvalue weighted by atomic mass is 10.1. The van der Waals surface area contributed by atoms with Crippen LogP contribution in [-0.2, 0) is 26.3 Å². The number of amides is 2. The fraction of sp³-hybridized carbons (Fsp3) is 0.481. The van der Waals surface area contributed by atoms with Crippen molar-refractivity contribution in [2.45, 2.75) is 53.6 Å². The number of aryl methyl sites for hydroxylation is 2. The summed E-state index contributed by atoms with van der Waals surface area (Å²) in [6, 6.07) is 14.2. The lowest BCUT2D eigenvalue weighted by Crippen LogP contribution is -2.53. The Balaban J connectivity index is 2.51. The van der Waals surface area contributed by atoms with Crippen LogP contribution in [-0.4, -0.2) is 62.7 Å². The van der Waals surface area contributed by atoms with Gasteiger partial charge in [0.1, 0.15) is 12.6 Å². The predicted molar refractivity (Wildman–Crippen MR) is 145 cm³/mol. The van der Waals surface area contributed by atoms with Crippen molar-refractivity contribution >= 4 is 27.7 Å². The minimum atomic E-state index is -3.99. The Morgan fingerprint density at radius 2 is 1.64 bits per heavy atom. The minimum absolute atomic E-state index is 0.190. The predicted octanol–water partition coefficient (Wildman–Crippen LogP) is 3.50. The van der Waals surface area contributed by atoms with Crippen LogP contribution < -0.4 is 9.62 Å². The summed E-state index contributed by atoms with van der Waals surface area (Å²) < 4.78 is 29.0. The molecule has 2 amide bonds. The summed E-state index contributed by atoms with van der Waals surface area (Å²) >= 11 is 0. The Morgan fingerprint density at radius 1 is 1.00 bits per heavy atom. The van der Waals surface area contributed by atoms with E-state index < -0.39 is 28.7 Å². The Morgan fingerprint density at radius 3 is 2.19 bits per heavy atom. The SMILES string of the molecule is CCC(C(=O)NCC(C)C)N(Cc1ccccc1)C(=O)CN(c1cc(C)ccc1C)S(=O)(=O)N(C)C. The second-order valence-corrected chi connectivity index (χ2v) is 11.7. The van der Waals surface area contributed by atoms with E-state index in [0.29, 0.717) is 18.7 Å². The van der Waals surface area contributed by atoms with E-state index in [0.717, 1.165) is 25.3 Å². The smallest absolute Gasteiger partial charge is 0.304 e. The maximum atomic E-state index is 13.9. The molecule has 0 heterocycles. The van der Waals surface area contributed by atoms with Crippen molar-refractivity contribution in [1.29, 1.82) is 0 Å². The van der Waals surface area contributed by atoms with Crippen molar-refractivity contribution in [2.75, 3.05) is 31.5 Å². The van der Waals surface area contributed by atoms with Gasteiger partial charge in [-0.1, -0.05) is 63.2 Å². The zero-order chi connectivity index (χ0) is 27.0. The first-order valence-electron chi connectivity index (χ1n) is 12.3. The summed E-state index contributed by atoms with van der Waals surface area (Å²) in [4.78, 5) is 28.5. The lowest BCUT2D eigenvalue weighted by Gasteiger charge is -2.34. The van der Waals surface area contributed by atoms with Crippen LogP contribution in [0.1, 0.15) is 43.9 Å². The number of hydrogen-bond acceptors (Lipinski definition) is 4. The van der Waals surface area contributed by atoms with Gasteiger partial charge < -0.3 is 10.2 Å². The minimum Gasteiger partial charge on any atom is -0.354 e. The molecule has 0 aliphatic rings. The van der Waals surface area contributed by atoms with E-state index >= 15 is 0 Å². The second-order valence-electron chi connectivity index (χ2n) is 9.66. The first kappa shape index (κ1) is 29.3.